The summed E-state index contributed by atoms with van der Waals surface area (Å²) in [5.74, 6) is 0.911. The minimum absolute atomic E-state index is 0.0521. The molecule has 0 aromatic heterocycles. The molecule has 0 radical (unpaired) electrons. The zero-order valence-corrected chi connectivity index (χ0v) is 13.4. The summed E-state index contributed by atoms with van der Waals surface area (Å²) in [4.78, 5) is -0.284. The molecule has 1 aromatic rings. The van der Waals surface area contributed by atoms with Crippen molar-refractivity contribution >= 4 is 20.4 Å². The first-order valence-corrected chi connectivity index (χ1v) is 7.76. The van der Waals surface area contributed by atoms with E-state index in [-0.39, 0.29) is 10.3 Å². The van der Waals surface area contributed by atoms with Crippen LogP contribution in [0.3, 0.4) is 0 Å². The molecule has 2 unspecified atom stereocenters. The number of hydrogen-bond donors (Lipinski definition) is 0. The van der Waals surface area contributed by atoms with Crippen LogP contribution in [0.2, 0.25) is 0 Å². The van der Waals surface area contributed by atoms with E-state index < -0.39 is 0 Å². The Morgan fingerprint density at radius 1 is 1.21 bits per heavy atom. The Morgan fingerprint density at radius 2 is 1.89 bits per heavy atom. The van der Waals surface area contributed by atoms with Crippen LogP contribution in [0.1, 0.15) is 27.2 Å². The Morgan fingerprint density at radius 3 is 2.42 bits per heavy atom. The number of alkyl halides is 1. The smallest absolute Gasteiger partial charge is 0.123 e. The third-order valence-electron chi connectivity index (χ3n) is 3.42. The van der Waals surface area contributed by atoms with E-state index in [0.717, 1.165) is 12.2 Å². The van der Waals surface area contributed by atoms with Crippen molar-refractivity contribution in [3.8, 4) is 5.75 Å². The summed E-state index contributed by atoms with van der Waals surface area (Å²) in [5, 5.41) is 1.21. The predicted octanol–water partition coefficient (Wildman–Crippen LogP) is 5.53. The standard InChI is InChI=1S/C16H20ClOP/c1-15(2,3)16(17)11-9-14(10-12-16)19-18-13-7-5-4-6-8-13/h4-11,19H,12H2,1-3H3. The lowest BCUT2D eigenvalue weighted by Gasteiger charge is -2.38. The summed E-state index contributed by atoms with van der Waals surface area (Å²) < 4.78 is 5.76. The van der Waals surface area contributed by atoms with Gasteiger partial charge in [-0.15, -0.1) is 11.6 Å². The number of para-hydroxylation sites is 1. The molecule has 0 saturated carbocycles. The van der Waals surface area contributed by atoms with Gasteiger partial charge in [-0.05, 0) is 24.0 Å². The molecular weight excluding hydrogens is 275 g/mol. The van der Waals surface area contributed by atoms with Gasteiger partial charge in [0.25, 0.3) is 0 Å². The number of rotatable bonds is 3. The topological polar surface area (TPSA) is 9.23 Å². The summed E-state index contributed by atoms with van der Waals surface area (Å²) in [6.45, 7) is 6.52. The van der Waals surface area contributed by atoms with Crippen molar-refractivity contribution in [2.45, 2.75) is 32.1 Å². The average Bonchev–Trinajstić information content (AvgIpc) is 2.38. The summed E-state index contributed by atoms with van der Waals surface area (Å²) in [6.07, 6.45) is 7.27. The maximum absolute atomic E-state index is 6.66. The molecule has 0 bridgehead atoms. The van der Waals surface area contributed by atoms with Gasteiger partial charge in [0.2, 0.25) is 0 Å². The van der Waals surface area contributed by atoms with E-state index in [4.69, 9.17) is 16.1 Å². The Labute approximate surface area is 122 Å². The molecule has 102 valence electrons. The van der Waals surface area contributed by atoms with Gasteiger partial charge in [0.1, 0.15) is 14.6 Å². The monoisotopic (exact) mass is 294 g/mol. The average molecular weight is 295 g/mol. The highest BCUT2D eigenvalue weighted by molar-refractivity contribution is 7.38. The van der Waals surface area contributed by atoms with Crippen molar-refractivity contribution in [3.63, 3.8) is 0 Å². The zero-order valence-electron chi connectivity index (χ0n) is 11.6. The largest absolute Gasteiger partial charge is 0.472 e. The van der Waals surface area contributed by atoms with Gasteiger partial charge in [0.15, 0.2) is 0 Å². The van der Waals surface area contributed by atoms with E-state index in [2.05, 4.69) is 39.0 Å². The lowest BCUT2D eigenvalue weighted by atomic mass is 9.76. The Balaban J connectivity index is 1.94. The number of benzene rings is 1. The van der Waals surface area contributed by atoms with Gasteiger partial charge in [-0.3, -0.25) is 0 Å². The third kappa shape index (κ3) is 3.61. The highest BCUT2D eigenvalue weighted by Crippen LogP contribution is 2.45. The lowest BCUT2D eigenvalue weighted by Crippen LogP contribution is -2.35. The lowest BCUT2D eigenvalue weighted by molar-refractivity contribution is 0.321. The molecule has 1 aliphatic carbocycles. The Hall–Kier alpha value is -0.780. The number of halogens is 1. The second-order valence-corrected chi connectivity index (χ2v) is 7.49. The van der Waals surface area contributed by atoms with Crippen LogP contribution in [-0.4, -0.2) is 4.87 Å². The minimum atomic E-state index is -0.284. The van der Waals surface area contributed by atoms with Crippen molar-refractivity contribution in [1.29, 1.82) is 0 Å². The van der Waals surface area contributed by atoms with Crippen LogP contribution in [0.4, 0.5) is 0 Å². The first-order chi connectivity index (χ1) is 8.91. The maximum Gasteiger partial charge on any atom is 0.123 e. The van der Waals surface area contributed by atoms with Crippen LogP contribution in [-0.2, 0) is 0 Å². The molecule has 0 saturated heterocycles. The van der Waals surface area contributed by atoms with E-state index in [1.54, 1.807) is 0 Å². The fourth-order valence-electron chi connectivity index (χ4n) is 1.85. The van der Waals surface area contributed by atoms with Crippen LogP contribution >= 0.6 is 20.4 Å². The molecule has 2 atom stereocenters. The molecule has 2 rings (SSSR count). The fraction of sp³-hybridized carbons (Fsp3) is 0.375. The van der Waals surface area contributed by atoms with Crippen LogP contribution in [0.5, 0.6) is 5.75 Å². The molecule has 1 aliphatic rings. The second-order valence-electron chi connectivity index (χ2n) is 5.83. The van der Waals surface area contributed by atoms with Crippen LogP contribution in [0.25, 0.3) is 0 Å². The van der Waals surface area contributed by atoms with Crippen molar-refractivity contribution in [3.05, 3.63) is 53.9 Å². The normalized spacial score (nSPS) is 23.7. The van der Waals surface area contributed by atoms with Crippen LogP contribution < -0.4 is 4.52 Å². The van der Waals surface area contributed by atoms with Gasteiger partial charge in [0.05, 0.1) is 4.87 Å². The molecule has 0 aliphatic heterocycles. The van der Waals surface area contributed by atoms with Gasteiger partial charge in [-0.25, -0.2) is 0 Å². The third-order valence-corrected chi connectivity index (χ3v) is 5.21. The van der Waals surface area contributed by atoms with Crippen LogP contribution in [0.15, 0.2) is 53.9 Å². The van der Waals surface area contributed by atoms with E-state index in [1.807, 2.05) is 30.3 Å². The molecule has 0 spiro atoms. The number of hydrogen-bond acceptors (Lipinski definition) is 1. The molecule has 1 aromatic carbocycles. The van der Waals surface area contributed by atoms with Crippen molar-refractivity contribution in [2.24, 2.45) is 5.41 Å². The van der Waals surface area contributed by atoms with Gasteiger partial charge < -0.3 is 4.52 Å². The van der Waals surface area contributed by atoms with Crippen molar-refractivity contribution in [2.75, 3.05) is 0 Å². The van der Waals surface area contributed by atoms with E-state index in [9.17, 15) is 0 Å². The molecule has 0 fully saturated rings. The maximum atomic E-state index is 6.66. The second kappa shape index (κ2) is 5.69. The molecular formula is C16H20ClOP. The fourth-order valence-corrected chi connectivity index (χ4v) is 2.70. The summed E-state index contributed by atoms with van der Waals surface area (Å²) in [5.41, 5.74) is 0.0521. The van der Waals surface area contributed by atoms with E-state index in [1.165, 1.54) is 5.31 Å². The quantitative estimate of drug-likeness (QED) is 0.526. The van der Waals surface area contributed by atoms with Crippen LogP contribution in [0, 0.1) is 5.41 Å². The first-order valence-electron chi connectivity index (χ1n) is 6.47. The van der Waals surface area contributed by atoms with Gasteiger partial charge >= 0.3 is 0 Å². The highest BCUT2D eigenvalue weighted by atomic mass is 35.5. The van der Waals surface area contributed by atoms with Crippen molar-refractivity contribution < 1.29 is 4.52 Å². The summed E-state index contributed by atoms with van der Waals surface area (Å²) in [7, 11) is 0.334. The molecule has 19 heavy (non-hydrogen) atoms. The molecule has 3 heteroatoms. The predicted molar refractivity (Wildman–Crippen MR) is 85.3 cm³/mol. The summed E-state index contributed by atoms with van der Waals surface area (Å²) in [6, 6.07) is 9.89. The Kier molecular flexibility index (Phi) is 4.38. The molecule has 0 heterocycles. The van der Waals surface area contributed by atoms with E-state index >= 15 is 0 Å². The van der Waals surface area contributed by atoms with Gasteiger partial charge in [-0.1, -0.05) is 57.2 Å². The Bertz CT molecular complexity index is 487. The van der Waals surface area contributed by atoms with Gasteiger partial charge in [0, 0.05) is 5.31 Å². The first kappa shape index (κ1) is 14.6. The zero-order chi connectivity index (χ0) is 13.9. The SMILES string of the molecule is CC(C)(C)C1(Cl)C=CC(POc2ccccc2)=CC1. The minimum Gasteiger partial charge on any atom is -0.472 e. The van der Waals surface area contributed by atoms with Crippen molar-refractivity contribution in [1.82, 2.24) is 0 Å². The highest BCUT2D eigenvalue weighted by Gasteiger charge is 2.38. The van der Waals surface area contributed by atoms with Gasteiger partial charge in [-0.2, -0.15) is 0 Å². The summed E-state index contributed by atoms with van der Waals surface area (Å²) >= 11 is 6.66. The number of allylic oxidation sites excluding steroid dienone is 4. The molecule has 0 N–H and O–H groups in total. The molecule has 1 nitrogen and oxygen atoms in total. The van der Waals surface area contributed by atoms with E-state index in [0.29, 0.717) is 8.81 Å². The molecule has 0 amide bonds.